The molecular formula is C33H40FN5O3S. The van der Waals surface area contributed by atoms with Gasteiger partial charge in [-0.15, -0.1) is 0 Å². The molecule has 3 amide bonds. The minimum absolute atomic E-state index is 0.0100. The number of nitrogens with two attached hydrogens (primary N) is 1. The summed E-state index contributed by atoms with van der Waals surface area (Å²) >= 11 is 0.851. The molecule has 0 unspecified atom stereocenters. The number of nitrogens with one attached hydrogen (secondary N) is 2. The summed E-state index contributed by atoms with van der Waals surface area (Å²) in [6.45, 7) is 3.83. The Morgan fingerprint density at radius 2 is 1.51 bits per heavy atom. The molecule has 2 fully saturated rings. The number of nitrogens with zero attached hydrogens (tertiary/aromatic N) is 2. The first-order chi connectivity index (χ1) is 20.7. The van der Waals surface area contributed by atoms with E-state index in [0.717, 1.165) is 86.9 Å². The number of hydrogen-bond donors (Lipinski definition) is 3. The maximum Gasteiger partial charge on any atom is 0.273 e. The zero-order valence-corrected chi connectivity index (χ0v) is 25.6. The highest BCUT2D eigenvalue weighted by molar-refractivity contribution is 7.09. The normalized spacial score (nSPS) is 16.8. The smallest absolute Gasteiger partial charge is 0.273 e. The number of rotatable bonds is 8. The number of carbonyl (C=O) groups excluding carboxylic acids is 3. The Balaban J connectivity index is 1.56. The van der Waals surface area contributed by atoms with Crippen LogP contribution in [0.4, 0.5) is 15.8 Å². The fraction of sp³-hybridized carbons (Fsp3) is 0.455. The summed E-state index contributed by atoms with van der Waals surface area (Å²) in [6.07, 6.45) is 9.96. The SMILES string of the molecule is Cc1cccc(N(C(=O)c2snc(C(=O)NC3CCCCC3)c2N)[C@H](C(=O)NC2CCCCC2)c2ccc(F)cc2)c1C. The molecule has 3 aromatic rings. The highest BCUT2D eigenvalue weighted by Crippen LogP contribution is 2.36. The quantitative estimate of drug-likeness (QED) is 0.275. The van der Waals surface area contributed by atoms with Gasteiger partial charge in [0.25, 0.3) is 11.8 Å². The number of hydrogen-bond acceptors (Lipinski definition) is 6. The van der Waals surface area contributed by atoms with E-state index >= 15 is 0 Å². The van der Waals surface area contributed by atoms with E-state index in [1.165, 1.54) is 29.2 Å². The molecule has 10 heteroatoms. The number of carbonyl (C=O) groups is 3. The van der Waals surface area contributed by atoms with Crippen molar-refractivity contribution in [2.24, 2.45) is 0 Å². The summed E-state index contributed by atoms with van der Waals surface area (Å²) < 4.78 is 18.4. The standard InChI is InChI=1S/C33H40FN5O3S/c1-20-10-9-15-26(21(20)2)39(29(22-16-18-23(34)19-17-22)32(41)37-25-13-7-4-8-14-25)33(42)30-27(35)28(38-43-30)31(40)36-24-11-5-3-6-12-24/h9-10,15-19,24-25,29H,3-8,11-14,35H2,1-2H3,(H,36,40)(H,37,41)/t29-/m0/s1. The number of nitrogen functional groups attached to an aromatic ring is 1. The van der Waals surface area contributed by atoms with Gasteiger partial charge in [0.2, 0.25) is 5.91 Å². The number of amides is 3. The third-order valence-electron chi connectivity index (χ3n) is 8.78. The van der Waals surface area contributed by atoms with Crippen molar-refractivity contribution in [2.75, 3.05) is 10.6 Å². The van der Waals surface area contributed by atoms with Crippen LogP contribution in [-0.2, 0) is 4.79 Å². The van der Waals surface area contributed by atoms with Crippen molar-refractivity contribution >= 4 is 40.6 Å². The van der Waals surface area contributed by atoms with Gasteiger partial charge in [0.05, 0.1) is 5.69 Å². The molecule has 2 saturated carbocycles. The summed E-state index contributed by atoms with van der Waals surface area (Å²) in [4.78, 5) is 43.4. The van der Waals surface area contributed by atoms with Gasteiger partial charge in [0.1, 0.15) is 16.7 Å². The molecule has 1 atom stereocenters. The van der Waals surface area contributed by atoms with Crippen molar-refractivity contribution in [1.29, 1.82) is 0 Å². The number of aryl methyl sites for hydroxylation is 1. The van der Waals surface area contributed by atoms with E-state index < -0.39 is 23.7 Å². The van der Waals surface area contributed by atoms with Gasteiger partial charge in [0.15, 0.2) is 5.69 Å². The third-order valence-corrected chi connectivity index (χ3v) is 9.63. The van der Waals surface area contributed by atoms with Gasteiger partial charge in [-0.05, 0) is 86.0 Å². The highest BCUT2D eigenvalue weighted by Gasteiger charge is 2.38. The van der Waals surface area contributed by atoms with E-state index in [-0.39, 0.29) is 34.2 Å². The Bertz CT molecular complexity index is 1460. The van der Waals surface area contributed by atoms with Crippen molar-refractivity contribution in [3.63, 3.8) is 0 Å². The van der Waals surface area contributed by atoms with Gasteiger partial charge in [-0.3, -0.25) is 19.3 Å². The second-order valence-electron chi connectivity index (χ2n) is 11.8. The average molecular weight is 606 g/mol. The van der Waals surface area contributed by atoms with Crippen molar-refractivity contribution in [3.05, 3.63) is 75.5 Å². The van der Waals surface area contributed by atoms with Crippen molar-refractivity contribution in [2.45, 2.75) is 96.2 Å². The zero-order chi connectivity index (χ0) is 30.5. The lowest BCUT2D eigenvalue weighted by molar-refractivity contribution is -0.123. The topological polar surface area (TPSA) is 117 Å². The Labute approximate surface area is 256 Å². The lowest BCUT2D eigenvalue weighted by Crippen LogP contribution is -2.47. The molecule has 8 nitrogen and oxygen atoms in total. The largest absolute Gasteiger partial charge is 0.395 e. The predicted molar refractivity (Wildman–Crippen MR) is 168 cm³/mol. The molecule has 2 aliphatic carbocycles. The van der Waals surface area contributed by atoms with Crippen molar-refractivity contribution in [1.82, 2.24) is 15.0 Å². The molecule has 0 radical (unpaired) electrons. The van der Waals surface area contributed by atoms with E-state index in [9.17, 15) is 18.8 Å². The van der Waals surface area contributed by atoms with Gasteiger partial charge in [0, 0.05) is 17.8 Å². The molecule has 0 saturated heterocycles. The van der Waals surface area contributed by atoms with Gasteiger partial charge >= 0.3 is 0 Å². The van der Waals surface area contributed by atoms with Crippen LogP contribution in [0.1, 0.15) is 107 Å². The monoisotopic (exact) mass is 605 g/mol. The average Bonchev–Trinajstić information content (AvgIpc) is 3.40. The Hall–Kier alpha value is -3.79. The van der Waals surface area contributed by atoms with Crippen LogP contribution in [0.25, 0.3) is 0 Å². The van der Waals surface area contributed by atoms with Crippen LogP contribution in [-0.4, -0.2) is 34.2 Å². The first-order valence-electron chi connectivity index (χ1n) is 15.3. The second-order valence-corrected chi connectivity index (χ2v) is 12.5. The summed E-state index contributed by atoms with van der Waals surface area (Å²) in [6, 6.07) is 10.1. The fourth-order valence-corrected chi connectivity index (χ4v) is 6.91. The Kier molecular flexibility index (Phi) is 9.75. The summed E-state index contributed by atoms with van der Waals surface area (Å²) in [7, 11) is 0. The van der Waals surface area contributed by atoms with Gasteiger partial charge in [-0.2, -0.15) is 4.37 Å². The number of benzene rings is 2. The van der Waals surface area contributed by atoms with Crippen LogP contribution in [0.3, 0.4) is 0 Å². The molecule has 0 spiro atoms. The first-order valence-corrected chi connectivity index (χ1v) is 16.0. The van der Waals surface area contributed by atoms with E-state index in [1.807, 2.05) is 26.0 Å². The fourth-order valence-electron chi connectivity index (χ4n) is 6.18. The minimum atomic E-state index is -1.11. The Morgan fingerprint density at radius 3 is 2.14 bits per heavy atom. The number of anilines is 2. The molecule has 228 valence electrons. The van der Waals surface area contributed by atoms with E-state index in [4.69, 9.17) is 5.73 Å². The minimum Gasteiger partial charge on any atom is -0.395 e. The van der Waals surface area contributed by atoms with Crippen LogP contribution in [0, 0.1) is 19.7 Å². The molecule has 4 N–H and O–H groups in total. The van der Waals surface area contributed by atoms with Crippen LogP contribution >= 0.6 is 11.5 Å². The van der Waals surface area contributed by atoms with E-state index in [0.29, 0.717) is 11.3 Å². The molecule has 43 heavy (non-hydrogen) atoms. The van der Waals surface area contributed by atoms with Gasteiger partial charge < -0.3 is 16.4 Å². The molecule has 1 heterocycles. The van der Waals surface area contributed by atoms with E-state index in [2.05, 4.69) is 15.0 Å². The molecule has 2 aliphatic rings. The highest BCUT2D eigenvalue weighted by atomic mass is 32.1. The molecule has 1 aromatic heterocycles. The van der Waals surface area contributed by atoms with Crippen LogP contribution < -0.4 is 21.3 Å². The first kappa shape index (κ1) is 30.7. The molecular weight excluding hydrogens is 565 g/mol. The van der Waals surface area contributed by atoms with Crippen molar-refractivity contribution in [3.8, 4) is 0 Å². The summed E-state index contributed by atoms with van der Waals surface area (Å²) in [5.41, 5.74) is 9.21. The van der Waals surface area contributed by atoms with Gasteiger partial charge in [-0.25, -0.2) is 4.39 Å². The number of aromatic nitrogens is 1. The maximum absolute atomic E-state index is 14.6. The second kappa shape index (κ2) is 13.7. The lowest BCUT2D eigenvalue weighted by Gasteiger charge is -2.34. The summed E-state index contributed by atoms with van der Waals surface area (Å²) in [5, 5.41) is 6.20. The molecule has 2 aromatic carbocycles. The van der Waals surface area contributed by atoms with E-state index in [1.54, 1.807) is 6.07 Å². The van der Waals surface area contributed by atoms with Crippen molar-refractivity contribution < 1.29 is 18.8 Å². The molecule has 0 aliphatic heterocycles. The van der Waals surface area contributed by atoms with Crippen LogP contribution in [0.15, 0.2) is 42.5 Å². The number of halogens is 1. The van der Waals surface area contributed by atoms with Gasteiger partial charge in [-0.1, -0.05) is 62.8 Å². The maximum atomic E-state index is 14.6. The molecule has 0 bridgehead atoms. The Morgan fingerprint density at radius 1 is 0.907 bits per heavy atom. The third kappa shape index (κ3) is 6.90. The van der Waals surface area contributed by atoms with Crippen LogP contribution in [0.5, 0.6) is 0 Å². The molecule has 5 rings (SSSR count). The van der Waals surface area contributed by atoms with Crippen LogP contribution in [0.2, 0.25) is 0 Å². The zero-order valence-electron chi connectivity index (χ0n) is 24.8. The predicted octanol–water partition coefficient (Wildman–Crippen LogP) is 6.38. The lowest BCUT2D eigenvalue weighted by atomic mass is 9.94. The summed E-state index contributed by atoms with van der Waals surface area (Å²) in [5.74, 6) is -1.75.